The van der Waals surface area contributed by atoms with Crippen LogP contribution in [0.1, 0.15) is 32.6 Å². The van der Waals surface area contributed by atoms with Gasteiger partial charge in [0.2, 0.25) is 0 Å². The lowest BCUT2D eigenvalue weighted by Gasteiger charge is -2.29. The lowest BCUT2D eigenvalue weighted by atomic mass is 10.2. The topological polar surface area (TPSA) is 15.3 Å². The summed E-state index contributed by atoms with van der Waals surface area (Å²) in [6.45, 7) is 2.22. The lowest BCUT2D eigenvalue weighted by molar-refractivity contribution is 0.407. The van der Waals surface area contributed by atoms with E-state index in [1.807, 2.05) is 11.8 Å². The Morgan fingerprint density at radius 2 is 2.13 bits per heavy atom. The first-order chi connectivity index (χ1) is 7.15. The molecule has 0 aromatic rings. The molecule has 0 saturated heterocycles. The third-order valence-corrected chi connectivity index (χ3v) is 4.29. The molecular formula is C11H22N2S2. The first-order valence-corrected chi connectivity index (χ1v) is 7.47. The quantitative estimate of drug-likeness (QED) is 0.766. The van der Waals surface area contributed by atoms with Gasteiger partial charge in [-0.05, 0) is 38.2 Å². The van der Waals surface area contributed by atoms with Crippen molar-refractivity contribution in [3.63, 3.8) is 0 Å². The Hall–Kier alpha value is 0.0400. The lowest BCUT2D eigenvalue weighted by Crippen LogP contribution is -2.46. The third-order valence-electron chi connectivity index (χ3n) is 3.07. The summed E-state index contributed by atoms with van der Waals surface area (Å²) in [7, 11) is 2.09. The maximum Gasteiger partial charge on any atom is 0.169 e. The summed E-state index contributed by atoms with van der Waals surface area (Å²) in [5.74, 6) is 1.13. The van der Waals surface area contributed by atoms with Gasteiger partial charge in [-0.2, -0.15) is 11.8 Å². The van der Waals surface area contributed by atoms with Gasteiger partial charge in [0.1, 0.15) is 0 Å². The van der Waals surface area contributed by atoms with Crippen molar-refractivity contribution in [2.75, 3.05) is 19.1 Å². The normalized spacial score (nSPS) is 18.9. The van der Waals surface area contributed by atoms with Crippen LogP contribution in [0.25, 0.3) is 0 Å². The van der Waals surface area contributed by atoms with Crippen molar-refractivity contribution >= 4 is 29.1 Å². The summed E-state index contributed by atoms with van der Waals surface area (Å²) in [4.78, 5) is 2.18. The molecule has 4 heteroatoms. The van der Waals surface area contributed by atoms with Gasteiger partial charge in [-0.15, -0.1) is 0 Å². The van der Waals surface area contributed by atoms with Crippen LogP contribution >= 0.6 is 24.0 Å². The van der Waals surface area contributed by atoms with Gasteiger partial charge in [-0.1, -0.05) is 12.8 Å². The molecule has 0 radical (unpaired) electrons. The summed E-state index contributed by atoms with van der Waals surface area (Å²) in [5.41, 5.74) is 0. The van der Waals surface area contributed by atoms with E-state index in [0.717, 1.165) is 10.9 Å². The molecule has 88 valence electrons. The first kappa shape index (κ1) is 13.1. The number of thioether (sulfide) groups is 1. The van der Waals surface area contributed by atoms with Crippen molar-refractivity contribution in [1.82, 2.24) is 10.2 Å². The number of thiocarbonyl (C=S) groups is 1. The molecule has 1 fully saturated rings. The van der Waals surface area contributed by atoms with Crippen LogP contribution in [-0.4, -0.2) is 41.2 Å². The van der Waals surface area contributed by atoms with Crippen LogP contribution in [0.5, 0.6) is 0 Å². The second kappa shape index (κ2) is 6.59. The third kappa shape index (κ3) is 4.19. The van der Waals surface area contributed by atoms with E-state index in [2.05, 4.69) is 30.4 Å². The second-order valence-corrected chi connectivity index (χ2v) is 5.64. The Morgan fingerprint density at radius 3 is 2.67 bits per heavy atom. The van der Waals surface area contributed by atoms with Gasteiger partial charge < -0.3 is 10.2 Å². The minimum absolute atomic E-state index is 0.515. The van der Waals surface area contributed by atoms with Crippen LogP contribution < -0.4 is 5.32 Å². The van der Waals surface area contributed by atoms with Crippen molar-refractivity contribution in [2.24, 2.45) is 0 Å². The van der Waals surface area contributed by atoms with E-state index in [1.54, 1.807) is 0 Å². The van der Waals surface area contributed by atoms with Gasteiger partial charge in [0, 0.05) is 24.9 Å². The molecule has 1 unspecified atom stereocenters. The molecule has 0 bridgehead atoms. The Bertz CT molecular complexity index is 203. The molecule has 0 aromatic heterocycles. The molecule has 1 saturated carbocycles. The van der Waals surface area contributed by atoms with Gasteiger partial charge in [0.25, 0.3) is 0 Å². The number of rotatable bonds is 4. The summed E-state index contributed by atoms with van der Waals surface area (Å²) >= 11 is 7.28. The minimum Gasteiger partial charge on any atom is -0.360 e. The van der Waals surface area contributed by atoms with Crippen molar-refractivity contribution < 1.29 is 0 Å². The van der Waals surface area contributed by atoms with Crippen LogP contribution in [0.2, 0.25) is 0 Å². The van der Waals surface area contributed by atoms with Crippen LogP contribution in [0.15, 0.2) is 0 Å². The molecule has 0 amide bonds. The van der Waals surface area contributed by atoms with Gasteiger partial charge in [0.05, 0.1) is 0 Å². The maximum atomic E-state index is 5.41. The minimum atomic E-state index is 0.515. The Labute approximate surface area is 103 Å². The molecular weight excluding hydrogens is 224 g/mol. The fraction of sp³-hybridized carbons (Fsp3) is 0.909. The molecule has 1 N–H and O–H groups in total. The zero-order chi connectivity index (χ0) is 11.3. The highest BCUT2D eigenvalue weighted by molar-refractivity contribution is 7.98. The van der Waals surface area contributed by atoms with Crippen molar-refractivity contribution in [2.45, 2.75) is 44.7 Å². The Morgan fingerprint density at radius 1 is 1.53 bits per heavy atom. The Kier molecular flexibility index (Phi) is 5.75. The number of nitrogens with zero attached hydrogens (tertiary/aromatic N) is 1. The number of nitrogens with one attached hydrogen (secondary N) is 1. The largest absolute Gasteiger partial charge is 0.360 e. The van der Waals surface area contributed by atoms with Gasteiger partial charge in [0.15, 0.2) is 5.11 Å². The zero-order valence-corrected chi connectivity index (χ0v) is 11.6. The molecule has 0 spiro atoms. The average Bonchev–Trinajstić information content (AvgIpc) is 2.69. The van der Waals surface area contributed by atoms with Crippen LogP contribution in [0.3, 0.4) is 0 Å². The van der Waals surface area contributed by atoms with E-state index in [-0.39, 0.29) is 0 Å². The molecule has 1 atom stereocenters. The SMILES string of the molecule is CSCC(C)N(C)C(=S)NC1CCCC1. The van der Waals surface area contributed by atoms with E-state index in [0.29, 0.717) is 12.1 Å². The summed E-state index contributed by atoms with van der Waals surface area (Å²) in [6, 6.07) is 1.14. The maximum absolute atomic E-state index is 5.41. The highest BCUT2D eigenvalue weighted by Crippen LogP contribution is 2.18. The standard InChI is InChI=1S/C11H22N2S2/c1-9(8-15-3)13(2)11(14)12-10-6-4-5-7-10/h9-10H,4-8H2,1-3H3,(H,12,14). The molecule has 0 heterocycles. The smallest absolute Gasteiger partial charge is 0.169 e. The highest BCUT2D eigenvalue weighted by atomic mass is 32.2. The van der Waals surface area contributed by atoms with Gasteiger partial charge in [-0.25, -0.2) is 0 Å². The Balaban J connectivity index is 2.31. The monoisotopic (exact) mass is 246 g/mol. The number of hydrogen-bond acceptors (Lipinski definition) is 2. The highest BCUT2D eigenvalue weighted by Gasteiger charge is 2.18. The molecule has 1 aliphatic rings. The van der Waals surface area contributed by atoms with Crippen molar-refractivity contribution in [3.05, 3.63) is 0 Å². The molecule has 15 heavy (non-hydrogen) atoms. The van der Waals surface area contributed by atoms with Gasteiger partial charge >= 0.3 is 0 Å². The molecule has 2 nitrogen and oxygen atoms in total. The fourth-order valence-corrected chi connectivity index (χ4v) is 2.95. The van der Waals surface area contributed by atoms with Gasteiger partial charge in [-0.3, -0.25) is 0 Å². The molecule has 0 aliphatic heterocycles. The average molecular weight is 246 g/mol. The fourth-order valence-electron chi connectivity index (χ4n) is 1.90. The van der Waals surface area contributed by atoms with Crippen molar-refractivity contribution in [1.29, 1.82) is 0 Å². The van der Waals surface area contributed by atoms with E-state index in [1.165, 1.54) is 25.7 Å². The van der Waals surface area contributed by atoms with Crippen LogP contribution in [0, 0.1) is 0 Å². The molecule has 1 rings (SSSR count). The predicted molar refractivity (Wildman–Crippen MR) is 73.6 cm³/mol. The molecule has 1 aliphatic carbocycles. The molecule has 0 aromatic carbocycles. The first-order valence-electron chi connectivity index (χ1n) is 5.67. The number of hydrogen-bond donors (Lipinski definition) is 1. The van der Waals surface area contributed by atoms with Crippen LogP contribution in [0.4, 0.5) is 0 Å². The summed E-state index contributed by atoms with van der Waals surface area (Å²) in [6.07, 6.45) is 7.41. The summed E-state index contributed by atoms with van der Waals surface area (Å²) < 4.78 is 0. The second-order valence-electron chi connectivity index (χ2n) is 4.35. The van der Waals surface area contributed by atoms with Crippen LogP contribution in [-0.2, 0) is 0 Å². The van der Waals surface area contributed by atoms with Crippen molar-refractivity contribution in [3.8, 4) is 0 Å². The van der Waals surface area contributed by atoms with E-state index >= 15 is 0 Å². The van der Waals surface area contributed by atoms with E-state index in [9.17, 15) is 0 Å². The summed E-state index contributed by atoms with van der Waals surface area (Å²) in [5, 5.41) is 4.39. The predicted octanol–water partition coefficient (Wildman–Crippen LogP) is 2.49. The van der Waals surface area contributed by atoms with E-state index < -0.39 is 0 Å². The zero-order valence-electron chi connectivity index (χ0n) is 9.95. The van der Waals surface area contributed by atoms with E-state index in [4.69, 9.17) is 12.2 Å².